The molecule has 0 fully saturated rings. The summed E-state index contributed by atoms with van der Waals surface area (Å²) in [6.45, 7) is 10.4. The van der Waals surface area contributed by atoms with Crippen LogP contribution in [0.2, 0.25) is 0 Å². The molecular formula is C38H46N8Pt2-6. The number of nitrogens with zero attached hydrogens (tertiary/aromatic N) is 8. The van der Waals surface area contributed by atoms with E-state index in [0.29, 0.717) is 0 Å². The zero-order valence-electron chi connectivity index (χ0n) is 27.9. The molecule has 4 heterocycles. The van der Waals surface area contributed by atoms with Crippen molar-refractivity contribution in [3.05, 3.63) is 134 Å². The Bertz CT molecular complexity index is 1360. The number of anilines is 2. The summed E-state index contributed by atoms with van der Waals surface area (Å²) >= 11 is 0. The minimum absolute atomic E-state index is 0. The van der Waals surface area contributed by atoms with Gasteiger partial charge in [-0.1, -0.05) is 51.7 Å². The quantitative estimate of drug-likeness (QED) is 0.0856. The summed E-state index contributed by atoms with van der Waals surface area (Å²) in [4.78, 5) is 8.70. The van der Waals surface area contributed by atoms with Crippen LogP contribution in [0.5, 0.6) is 0 Å². The van der Waals surface area contributed by atoms with Crippen LogP contribution in [0.1, 0.15) is 74.1 Å². The van der Waals surface area contributed by atoms with Crippen molar-refractivity contribution in [3.63, 3.8) is 0 Å². The van der Waals surface area contributed by atoms with Crippen molar-refractivity contribution in [2.75, 3.05) is 22.9 Å². The summed E-state index contributed by atoms with van der Waals surface area (Å²) in [7, 11) is 0. The number of aromatic nitrogens is 4. The number of benzene rings is 2. The van der Waals surface area contributed by atoms with Crippen molar-refractivity contribution in [1.82, 2.24) is 30.2 Å². The van der Waals surface area contributed by atoms with Crippen LogP contribution in [0, 0.1) is 39.3 Å². The summed E-state index contributed by atoms with van der Waals surface area (Å²) in [6, 6.07) is 26.7. The Morgan fingerprint density at radius 1 is 0.583 bits per heavy atom. The van der Waals surface area contributed by atoms with Gasteiger partial charge in [0.15, 0.2) is 0 Å². The second-order valence-electron chi connectivity index (χ2n) is 11.9. The molecule has 0 amide bonds. The SMILES string of the molecule is Cc1cc(CCCCCCN2C=CN(c3[c-]cccc3)[CH-]2)n[n-]1.Cc1cc(CCCCCCN2C=CN(c3[c-]cccc3)[CH-]2)n[n-]1.[Pt].[Pt]. The van der Waals surface area contributed by atoms with Gasteiger partial charge in [-0.3, -0.25) is 0 Å². The summed E-state index contributed by atoms with van der Waals surface area (Å²) in [5.41, 5.74) is 6.48. The summed E-state index contributed by atoms with van der Waals surface area (Å²) in [5, 5.41) is 16.4. The van der Waals surface area contributed by atoms with Crippen molar-refractivity contribution in [3.8, 4) is 0 Å². The molecule has 0 N–H and O–H groups in total. The van der Waals surface area contributed by atoms with Crippen molar-refractivity contribution in [2.45, 2.75) is 78.1 Å². The molecule has 0 aliphatic carbocycles. The van der Waals surface area contributed by atoms with Crippen LogP contribution < -0.4 is 20.0 Å². The first-order chi connectivity index (χ1) is 22.6. The summed E-state index contributed by atoms with van der Waals surface area (Å²) in [5.74, 6) is 0. The minimum Gasteiger partial charge on any atom is -0.579 e. The fraction of sp³-hybridized carbons (Fsp3) is 0.368. The number of hydrogen-bond donors (Lipinski definition) is 0. The monoisotopic (exact) mass is 1000 g/mol. The number of aryl methyl sites for hydroxylation is 4. The molecule has 2 aliphatic heterocycles. The molecule has 0 atom stereocenters. The number of hydrogen-bond acceptors (Lipinski definition) is 6. The molecule has 2 aromatic carbocycles. The maximum atomic E-state index is 4.15. The largest absolute Gasteiger partial charge is 0.579 e. The molecule has 0 saturated heterocycles. The number of rotatable bonds is 16. The van der Waals surface area contributed by atoms with Crippen LogP contribution in [0.3, 0.4) is 0 Å². The Labute approximate surface area is 316 Å². The van der Waals surface area contributed by atoms with Gasteiger partial charge < -0.3 is 40.0 Å². The third-order valence-electron chi connectivity index (χ3n) is 7.95. The van der Waals surface area contributed by atoms with Crippen molar-refractivity contribution >= 4 is 11.4 Å². The predicted molar refractivity (Wildman–Crippen MR) is 185 cm³/mol. The predicted octanol–water partition coefficient (Wildman–Crippen LogP) is 7.32. The standard InChI is InChI=1S/2C19H23N4.2Pt/c2*1-17-15-18(21-20-17)9-5-2-3-8-12-22-13-14-23(16-22)19-10-6-4-7-11-19;;/h2*4,6-7,10,13-16H,2-3,5,8-9,12H2,1H3;;/q2*-3;;. The molecule has 6 rings (SSSR count). The van der Waals surface area contributed by atoms with Gasteiger partial charge in [0.25, 0.3) is 0 Å². The molecule has 0 bridgehead atoms. The molecule has 8 nitrogen and oxygen atoms in total. The van der Waals surface area contributed by atoms with Gasteiger partial charge in [0.1, 0.15) is 0 Å². The molecule has 0 saturated carbocycles. The van der Waals surface area contributed by atoms with E-state index in [9.17, 15) is 0 Å². The van der Waals surface area contributed by atoms with E-state index in [4.69, 9.17) is 0 Å². The first-order valence-electron chi connectivity index (χ1n) is 16.6. The molecule has 0 spiro atoms. The van der Waals surface area contributed by atoms with E-state index in [1.165, 1.54) is 51.4 Å². The van der Waals surface area contributed by atoms with Crippen LogP contribution in [0.15, 0.2) is 85.5 Å². The summed E-state index contributed by atoms with van der Waals surface area (Å²) < 4.78 is 0. The number of para-hydroxylation sites is 2. The minimum atomic E-state index is 0. The molecule has 2 aliphatic rings. The van der Waals surface area contributed by atoms with Crippen molar-refractivity contribution in [1.29, 1.82) is 0 Å². The first-order valence-corrected chi connectivity index (χ1v) is 16.6. The molecule has 10 heteroatoms. The van der Waals surface area contributed by atoms with Gasteiger partial charge in [-0.15, -0.1) is 22.8 Å². The van der Waals surface area contributed by atoms with Crippen molar-refractivity contribution < 1.29 is 42.1 Å². The second-order valence-corrected chi connectivity index (χ2v) is 11.9. The Morgan fingerprint density at radius 2 is 1.02 bits per heavy atom. The van der Waals surface area contributed by atoms with Crippen LogP contribution in [-0.2, 0) is 55.0 Å². The smallest absolute Gasteiger partial charge is 0.0162 e. The van der Waals surface area contributed by atoms with Gasteiger partial charge >= 0.3 is 0 Å². The Balaban J connectivity index is 0.000000250. The van der Waals surface area contributed by atoms with E-state index in [1.807, 2.05) is 50.2 Å². The molecule has 264 valence electrons. The molecule has 0 unspecified atom stereocenters. The normalized spacial score (nSPS) is 13.4. The molecule has 0 radical (unpaired) electrons. The Hall–Kier alpha value is -3.08. The Morgan fingerprint density at radius 3 is 1.40 bits per heavy atom. The fourth-order valence-corrected chi connectivity index (χ4v) is 5.46. The molecule has 2 aromatic heterocycles. The fourth-order valence-electron chi connectivity index (χ4n) is 5.46. The molecule has 4 aromatic rings. The van der Waals surface area contributed by atoms with Crippen molar-refractivity contribution in [2.24, 2.45) is 0 Å². The van der Waals surface area contributed by atoms with Gasteiger partial charge in [-0.2, -0.15) is 74.0 Å². The zero-order valence-corrected chi connectivity index (χ0v) is 32.5. The van der Waals surface area contributed by atoms with Crippen LogP contribution in [0.25, 0.3) is 0 Å². The van der Waals surface area contributed by atoms with E-state index in [0.717, 1.165) is 60.1 Å². The van der Waals surface area contributed by atoms with Crippen LogP contribution in [0.4, 0.5) is 11.4 Å². The van der Waals surface area contributed by atoms with E-state index < -0.39 is 0 Å². The Kier molecular flexibility index (Phi) is 17.9. The zero-order chi connectivity index (χ0) is 31.8. The third kappa shape index (κ3) is 13.4. The second kappa shape index (κ2) is 21.8. The summed E-state index contributed by atoms with van der Waals surface area (Å²) in [6.07, 6.45) is 20.3. The maximum Gasteiger partial charge on any atom is 0.0162 e. The van der Waals surface area contributed by atoms with Gasteiger partial charge in [0, 0.05) is 53.5 Å². The van der Waals surface area contributed by atoms with E-state index in [-0.39, 0.29) is 42.1 Å². The van der Waals surface area contributed by atoms with E-state index in [2.05, 4.69) is 115 Å². The van der Waals surface area contributed by atoms with Gasteiger partial charge in [-0.05, 0) is 76.4 Å². The average Bonchev–Trinajstić information content (AvgIpc) is 3.91. The third-order valence-corrected chi connectivity index (χ3v) is 7.95. The van der Waals surface area contributed by atoms with Gasteiger partial charge in [-0.25, -0.2) is 0 Å². The molecule has 48 heavy (non-hydrogen) atoms. The van der Waals surface area contributed by atoms with Crippen LogP contribution >= 0.6 is 0 Å². The van der Waals surface area contributed by atoms with E-state index in [1.54, 1.807) is 0 Å². The van der Waals surface area contributed by atoms with E-state index >= 15 is 0 Å². The first kappa shape index (κ1) is 39.4. The average molecular weight is 1000 g/mol. The van der Waals surface area contributed by atoms with Gasteiger partial charge in [0.05, 0.1) is 0 Å². The number of unbranched alkanes of at least 4 members (excludes halogenated alkanes) is 6. The van der Waals surface area contributed by atoms with Gasteiger partial charge in [0.2, 0.25) is 0 Å². The maximum absolute atomic E-state index is 4.15. The van der Waals surface area contributed by atoms with Crippen LogP contribution in [-0.4, -0.2) is 33.1 Å². The topological polar surface area (TPSA) is 66.9 Å². The molecular weight excluding hydrogens is 959 g/mol.